The number of hydrogen-bond donors (Lipinski definition) is 0. The smallest absolute Gasteiger partial charge is 0.319 e. The fraction of sp³-hybridized carbons (Fsp3) is 0.462. The van der Waals surface area contributed by atoms with Crippen LogP contribution in [0.2, 0.25) is 10.0 Å². The lowest BCUT2D eigenvalue weighted by molar-refractivity contribution is -0.0188. The minimum absolute atomic E-state index is 0.00615. The molecule has 0 spiro atoms. The summed E-state index contributed by atoms with van der Waals surface area (Å²) in [7, 11) is 3.48. The van der Waals surface area contributed by atoms with E-state index in [4.69, 9.17) is 27.9 Å². The van der Waals surface area contributed by atoms with Gasteiger partial charge < -0.3 is 14.5 Å². The average molecular weight is 303 g/mol. The van der Waals surface area contributed by atoms with E-state index in [0.717, 1.165) is 5.56 Å². The van der Waals surface area contributed by atoms with E-state index in [-0.39, 0.29) is 12.1 Å². The number of benzene rings is 1. The van der Waals surface area contributed by atoms with Crippen LogP contribution in [0.4, 0.5) is 4.79 Å². The second-order valence-electron chi connectivity index (χ2n) is 4.66. The second kappa shape index (κ2) is 5.99. The molecular formula is C13H16Cl2N2O2. The summed E-state index contributed by atoms with van der Waals surface area (Å²) in [6, 6.07) is 5.41. The first kappa shape index (κ1) is 14.4. The fourth-order valence-corrected chi connectivity index (χ4v) is 2.33. The maximum atomic E-state index is 11.9. The van der Waals surface area contributed by atoms with Crippen LogP contribution in [0.15, 0.2) is 18.2 Å². The quantitative estimate of drug-likeness (QED) is 0.799. The molecule has 1 unspecified atom stereocenters. The van der Waals surface area contributed by atoms with Crippen LogP contribution in [0.5, 0.6) is 0 Å². The third-order valence-electron chi connectivity index (χ3n) is 3.03. The van der Waals surface area contributed by atoms with Crippen LogP contribution in [-0.2, 0) is 4.74 Å². The average Bonchev–Trinajstić information content (AvgIpc) is 2.41. The first-order valence-corrected chi connectivity index (χ1v) is 6.77. The summed E-state index contributed by atoms with van der Waals surface area (Å²) in [5.74, 6) is 0. The van der Waals surface area contributed by atoms with Crippen molar-refractivity contribution in [2.45, 2.75) is 6.10 Å². The predicted octanol–water partition coefficient (Wildman–Crippen LogP) is 3.05. The van der Waals surface area contributed by atoms with Gasteiger partial charge in [-0.05, 0) is 17.7 Å². The Morgan fingerprint density at radius 1 is 1.37 bits per heavy atom. The number of halogens is 2. The Labute approximate surface area is 122 Å². The molecule has 1 heterocycles. The lowest BCUT2D eigenvalue weighted by Gasteiger charge is -2.34. The first-order chi connectivity index (χ1) is 8.99. The van der Waals surface area contributed by atoms with E-state index in [9.17, 15) is 4.79 Å². The van der Waals surface area contributed by atoms with Gasteiger partial charge in [0.05, 0.1) is 23.2 Å². The zero-order chi connectivity index (χ0) is 14.0. The standard InChI is InChI=1S/C13H16Cl2N2O2/c1-16(2)13(18)17-5-6-19-12(8-17)9-3-4-10(14)11(15)7-9/h3-4,7,12H,5-6,8H2,1-2H3. The number of amides is 2. The number of carbonyl (C=O) groups is 1. The van der Waals surface area contributed by atoms with E-state index in [0.29, 0.717) is 29.7 Å². The Morgan fingerprint density at radius 3 is 2.74 bits per heavy atom. The van der Waals surface area contributed by atoms with E-state index in [1.54, 1.807) is 36.0 Å². The number of rotatable bonds is 1. The summed E-state index contributed by atoms with van der Waals surface area (Å²) >= 11 is 11.9. The van der Waals surface area contributed by atoms with E-state index in [1.165, 1.54) is 0 Å². The Balaban J connectivity index is 2.12. The van der Waals surface area contributed by atoms with Gasteiger partial charge in [0.15, 0.2) is 0 Å². The largest absolute Gasteiger partial charge is 0.370 e. The zero-order valence-corrected chi connectivity index (χ0v) is 12.4. The molecule has 2 amide bonds. The van der Waals surface area contributed by atoms with Gasteiger partial charge in [-0.15, -0.1) is 0 Å². The van der Waals surface area contributed by atoms with Crippen LogP contribution in [0.3, 0.4) is 0 Å². The molecule has 19 heavy (non-hydrogen) atoms. The minimum atomic E-state index is -0.160. The topological polar surface area (TPSA) is 32.8 Å². The van der Waals surface area contributed by atoms with Gasteiger partial charge in [0.25, 0.3) is 0 Å². The van der Waals surface area contributed by atoms with Gasteiger partial charge in [-0.1, -0.05) is 29.3 Å². The molecule has 1 aromatic carbocycles. The van der Waals surface area contributed by atoms with Crippen molar-refractivity contribution in [2.24, 2.45) is 0 Å². The molecule has 1 aliphatic rings. The van der Waals surface area contributed by atoms with Crippen molar-refractivity contribution >= 4 is 29.2 Å². The summed E-state index contributed by atoms with van der Waals surface area (Å²) in [4.78, 5) is 15.3. The second-order valence-corrected chi connectivity index (χ2v) is 5.47. The Kier molecular flexibility index (Phi) is 4.55. The minimum Gasteiger partial charge on any atom is -0.370 e. The molecule has 2 rings (SSSR count). The predicted molar refractivity (Wildman–Crippen MR) is 75.8 cm³/mol. The van der Waals surface area contributed by atoms with E-state index in [1.807, 2.05) is 6.07 Å². The highest BCUT2D eigenvalue weighted by molar-refractivity contribution is 6.42. The van der Waals surface area contributed by atoms with Gasteiger partial charge >= 0.3 is 6.03 Å². The van der Waals surface area contributed by atoms with Gasteiger partial charge in [0, 0.05) is 20.6 Å². The summed E-state index contributed by atoms with van der Waals surface area (Å²) < 4.78 is 5.70. The molecule has 1 atom stereocenters. The third kappa shape index (κ3) is 3.32. The van der Waals surface area contributed by atoms with E-state index >= 15 is 0 Å². The van der Waals surface area contributed by atoms with Crippen LogP contribution in [-0.4, -0.2) is 49.6 Å². The molecule has 0 aromatic heterocycles. The van der Waals surface area contributed by atoms with Crippen molar-refractivity contribution in [1.82, 2.24) is 9.80 Å². The Hall–Kier alpha value is -0.970. The SMILES string of the molecule is CN(C)C(=O)N1CCOC(c2ccc(Cl)c(Cl)c2)C1. The molecule has 0 saturated carbocycles. The fourth-order valence-electron chi connectivity index (χ4n) is 2.02. The third-order valence-corrected chi connectivity index (χ3v) is 3.77. The van der Waals surface area contributed by atoms with E-state index < -0.39 is 0 Å². The van der Waals surface area contributed by atoms with Crippen molar-refractivity contribution in [3.05, 3.63) is 33.8 Å². The highest BCUT2D eigenvalue weighted by Gasteiger charge is 2.26. The van der Waals surface area contributed by atoms with Crippen LogP contribution >= 0.6 is 23.2 Å². The Bertz CT molecular complexity index is 480. The maximum Gasteiger partial charge on any atom is 0.319 e. The number of urea groups is 1. The number of nitrogens with zero attached hydrogens (tertiary/aromatic N) is 2. The summed E-state index contributed by atoms with van der Waals surface area (Å²) in [5, 5.41) is 1.02. The lowest BCUT2D eigenvalue weighted by Crippen LogP contribution is -2.46. The lowest BCUT2D eigenvalue weighted by atomic mass is 10.1. The number of hydrogen-bond acceptors (Lipinski definition) is 2. The highest BCUT2D eigenvalue weighted by Crippen LogP contribution is 2.29. The Morgan fingerprint density at radius 2 is 2.11 bits per heavy atom. The van der Waals surface area contributed by atoms with Crippen molar-refractivity contribution in [3.8, 4) is 0 Å². The summed E-state index contributed by atoms with van der Waals surface area (Å²) in [5.41, 5.74) is 0.936. The molecule has 1 fully saturated rings. The van der Waals surface area contributed by atoms with Gasteiger partial charge in [-0.25, -0.2) is 4.79 Å². The molecule has 6 heteroatoms. The monoisotopic (exact) mass is 302 g/mol. The zero-order valence-electron chi connectivity index (χ0n) is 10.9. The summed E-state index contributed by atoms with van der Waals surface area (Å²) in [6.07, 6.45) is -0.160. The van der Waals surface area contributed by atoms with Gasteiger partial charge in [0.2, 0.25) is 0 Å². The molecule has 1 aromatic rings. The molecule has 104 valence electrons. The molecule has 4 nitrogen and oxygen atoms in total. The molecule has 0 bridgehead atoms. The maximum absolute atomic E-state index is 11.9. The molecule has 1 saturated heterocycles. The number of ether oxygens (including phenoxy) is 1. The van der Waals surface area contributed by atoms with Crippen molar-refractivity contribution in [2.75, 3.05) is 33.8 Å². The number of morpholine rings is 1. The summed E-state index contributed by atoms with van der Waals surface area (Å²) in [6.45, 7) is 1.65. The highest BCUT2D eigenvalue weighted by atomic mass is 35.5. The van der Waals surface area contributed by atoms with Crippen LogP contribution < -0.4 is 0 Å². The van der Waals surface area contributed by atoms with Gasteiger partial charge in [-0.3, -0.25) is 0 Å². The van der Waals surface area contributed by atoms with Crippen molar-refractivity contribution in [3.63, 3.8) is 0 Å². The number of carbonyl (C=O) groups excluding carboxylic acids is 1. The van der Waals surface area contributed by atoms with Crippen molar-refractivity contribution < 1.29 is 9.53 Å². The van der Waals surface area contributed by atoms with Crippen LogP contribution in [0, 0.1) is 0 Å². The van der Waals surface area contributed by atoms with E-state index in [2.05, 4.69) is 0 Å². The molecule has 0 radical (unpaired) electrons. The molecule has 1 aliphatic heterocycles. The van der Waals surface area contributed by atoms with Crippen LogP contribution in [0.25, 0.3) is 0 Å². The van der Waals surface area contributed by atoms with Gasteiger partial charge in [-0.2, -0.15) is 0 Å². The normalized spacial score (nSPS) is 19.4. The van der Waals surface area contributed by atoms with Crippen molar-refractivity contribution in [1.29, 1.82) is 0 Å². The first-order valence-electron chi connectivity index (χ1n) is 6.02. The molecular weight excluding hydrogens is 287 g/mol. The molecule has 0 aliphatic carbocycles. The molecule has 0 N–H and O–H groups in total. The van der Waals surface area contributed by atoms with Gasteiger partial charge in [0.1, 0.15) is 6.10 Å². The van der Waals surface area contributed by atoms with Crippen LogP contribution in [0.1, 0.15) is 11.7 Å².